The van der Waals surface area contributed by atoms with Crippen molar-refractivity contribution in [3.8, 4) is 11.1 Å². The van der Waals surface area contributed by atoms with Crippen LogP contribution in [0.5, 0.6) is 0 Å². The third-order valence-electron chi connectivity index (χ3n) is 5.46. The summed E-state index contributed by atoms with van der Waals surface area (Å²) in [5.41, 5.74) is 10.6. The van der Waals surface area contributed by atoms with E-state index in [9.17, 15) is 4.79 Å². The quantitative estimate of drug-likeness (QED) is 0.427. The van der Waals surface area contributed by atoms with Crippen molar-refractivity contribution >= 4 is 5.97 Å². The third kappa shape index (κ3) is 5.20. The van der Waals surface area contributed by atoms with Crippen molar-refractivity contribution in [2.24, 2.45) is 5.73 Å². The van der Waals surface area contributed by atoms with E-state index in [0.717, 1.165) is 25.8 Å². The maximum Gasteiger partial charge on any atom is 0.305 e. The van der Waals surface area contributed by atoms with E-state index in [1.165, 1.54) is 47.9 Å². The van der Waals surface area contributed by atoms with Gasteiger partial charge < -0.3 is 10.5 Å². The van der Waals surface area contributed by atoms with Crippen LogP contribution in [-0.4, -0.2) is 19.1 Å². The Morgan fingerprint density at radius 3 is 1.89 bits per heavy atom. The molecule has 3 nitrogen and oxygen atoms in total. The minimum atomic E-state index is -0.0695. The molecule has 1 aliphatic carbocycles. The number of esters is 1. The first-order chi connectivity index (χ1) is 13.3. The molecule has 0 spiro atoms. The predicted octanol–water partition coefficient (Wildman–Crippen LogP) is 5.42. The fourth-order valence-electron chi connectivity index (χ4n) is 3.99. The van der Waals surface area contributed by atoms with E-state index in [-0.39, 0.29) is 11.9 Å². The van der Waals surface area contributed by atoms with Gasteiger partial charge in [0, 0.05) is 12.3 Å². The number of benzene rings is 2. The lowest BCUT2D eigenvalue weighted by Crippen LogP contribution is -2.12. The first-order valence-corrected chi connectivity index (χ1v) is 10.3. The van der Waals surface area contributed by atoms with Gasteiger partial charge in [0.05, 0.1) is 0 Å². The lowest BCUT2D eigenvalue weighted by Gasteiger charge is -2.14. The Hall–Kier alpha value is -2.13. The SMILES string of the molecule is NCCCCCCCCCC(=O)OCC1c2ccccc2-c2ccccc21. The number of carbonyl (C=O) groups is 1. The van der Waals surface area contributed by atoms with Gasteiger partial charge in [-0.15, -0.1) is 0 Å². The number of carbonyl (C=O) groups excluding carboxylic acids is 1. The largest absolute Gasteiger partial charge is 0.465 e. The van der Waals surface area contributed by atoms with Crippen LogP contribution in [0.2, 0.25) is 0 Å². The van der Waals surface area contributed by atoms with Crippen LogP contribution in [0.25, 0.3) is 11.1 Å². The Labute approximate surface area is 162 Å². The van der Waals surface area contributed by atoms with Gasteiger partial charge in [-0.1, -0.05) is 80.6 Å². The van der Waals surface area contributed by atoms with Crippen molar-refractivity contribution < 1.29 is 9.53 Å². The van der Waals surface area contributed by atoms with Crippen LogP contribution in [0.15, 0.2) is 48.5 Å². The van der Waals surface area contributed by atoms with E-state index in [4.69, 9.17) is 10.5 Å². The maximum atomic E-state index is 12.2. The summed E-state index contributed by atoms with van der Waals surface area (Å²) in [6.07, 6.45) is 8.59. The van der Waals surface area contributed by atoms with Crippen LogP contribution in [-0.2, 0) is 9.53 Å². The summed E-state index contributed by atoms with van der Waals surface area (Å²) >= 11 is 0. The first-order valence-electron chi connectivity index (χ1n) is 10.3. The fraction of sp³-hybridized carbons (Fsp3) is 0.458. The molecule has 0 atom stereocenters. The smallest absolute Gasteiger partial charge is 0.305 e. The van der Waals surface area contributed by atoms with E-state index >= 15 is 0 Å². The second-order valence-corrected chi connectivity index (χ2v) is 7.42. The highest BCUT2D eigenvalue weighted by Gasteiger charge is 2.28. The molecule has 0 heterocycles. The minimum absolute atomic E-state index is 0.0695. The number of hydrogen-bond acceptors (Lipinski definition) is 3. The Kier molecular flexibility index (Phi) is 7.46. The van der Waals surface area contributed by atoms with Gasteiger partial charge in [0.15, 0.2) is 0 Å². The lowest BCUT2D eigenvalue weighted by molar-refractivity contribution is -0.144. The highest BCUT2D eigenvalue weighted by molar-refractivity contribution is 5.79. The zero-order chi connectivity index (χ0) is 18.9. The highest BCUT2D eigenvalue weighted by Crippen LogP contribution is 2.44. The van der Waals surface area contributed by atoms with Crippen LogP contribution in [0.1, 0.15) is 68.4 Å². The Balaban J connectivity index is 1.42. The molecule has 3 heteroatoms. The Morgan fingerprint density at radius 2 is 1.30 bits per heavy atom. The number of nitrogens with two attached hydrogens (primary N) is 1. The molecule has 0 unspecified atom stereocenters. The van der Waals surface area contributed by atoms with Gasteiger partial charge in [0.1, 0.15) is 6.61 Å². The van der Waals surface area contributed by atoms with Crippen molar-refractivity contribution in [3.05, 3.63) is 59.7 Å². The minimum Gasteiger partial charge on any atom is -0.465 e. The van der Waals surface area contributed by atoms with E-state index in [1.807, 2.05) is 0 Å². The molecule has 27 heavy (non-hydrogen) atoms. The van der Waals surface area contributed by atoms with Crippen molar-refractivity contribution in [2.45, 2.75) is 57.3 Å². The molecule has 2 N–H and O–H groups in total. The van der Waals surface area contributed by atoms with Gasteiger partial charge in [-0.2, -0.15) is 0 Å². The molecule has 0 saturated carbocycles. The number of hydrogen-bond donors (Lipinski definition) is 1. The zero-order valence-corrected chi connectivity index (χ0v) is 16.2. The summed E-state index contributed by atoms with van der Waals surface area (Å²) in [6.45, 7) is 1.23. The van der Waals surface area contributed by atoms with E-state index < -0.39 is 0 Å². The average molecular weight is 366 g/mol. The van der Waals surface area contributed by atoms with Crippen molar-refractivity contribution in [1.29, 1.82) is 0 Å². The fourth-order valence-corrected chi connectivity index (χ4v) is 3.99. The summed E-state index contributed by atoms with van der Waals surface area (Å²) < 4.78 is 5.65. The van der Waals surface area contributed by atoms with Crippen LogP contribution in [0.4, 0.5) is 0 Å². The van der Waals surface area contributed by atoms with Gasteiger partial charge in [-0.25, -0.2) is 0 Å². The molecule has 3 rings (SSSR count). The zero-order valence-electron chi connectivity index (χ0n) is 16.2. The third-order valence-corrected chi connectivity index (χ3v) is 5.46. The summed E-state index contributed by atoms with van der Waals surface area (Å²) in [6, 6.07) is 16.9. The Bertz CT molecular complexity index is 695. The Morgan fingerprint density at radius 1 is 0.778 bits per heavy atom. The van der Waals surface area contributed by atoms with E-state index in [2.05, 4.69) is 48.5 Å². The molecule has 2 aromatic carbocycles. The van der Waals surface area contributed by atoms with Gasteiger partial charge >= 0.3 is 5.97 Å². The van der Waals surface area contributed by atoms with Crippen LogP contribution >= 0.6 is 0 Å². The van der Waals surface area contributed by atoms with Crippen molar-refractivity contribution in [2.75, 3.05) is 13.2 Å². The molecular weight excluding hydrogens is 334 g/mol. The van der Waals surface area contributed by atoms with E-state index in [1.54, 1.807) is 0 Å². The molecule has 1 aliphatic rings. The molecular formula is C24H31NO2. The summed E-state index contributed by atoms with van der Waals surface area (Å²) in [5, 5.41) is 0. The van der Waals surface area contributed by atoms with Crippen molar-refractivity contribution in [3.63, 3.8) is 0 Å². The number of fused-ring (bicyclic) bond motifs is 3. The van der Waals surface area contributed by atoms with Crippen LogP contribution in [0.3, 0.4) is 0 Å². The summed E-state index contributed by atoms with van der Waals surface area (Å²) in [7, 11) is 0. The van der Waals surface area contributed by atoms with Crippen LogP contribution < -0.4 is 5.73 Å². The molecule has 0 aromatic heterocycles. The lowest BCUT2D eigenvalue weighted by atomic mass is 9.98. The molecule has 2 aromatic rings. The topological polar surface area (TPSA) is 52.3 Å². The molecule has 144 valence electrons. The normalized spacial score (nSPS) is 12.6. The molecule has 0 bridgehead atoms. The summed E-state index contributed by atoms with van der Waals surface area (Å²) in [5.74, 6) is 0.0869. The molecule has 0 aliphatic heterocycles. The van der Waals surface area contributed by atoms with Gasteiger partial charge in [0.25, 0.3) is 0 Å². The van der Waals surface area contributed by atoms with E-state index in [0.29, 0.717) is 13.0 Å². The number of unbranched alkanes of at least 4 members (excludes halogenated alkanes) is 6. The molecule has 0 amide bonds. The molecule has 0 fully saturated rings. The second kappa shape index (κ2) is 10.3. The van der Waals surface area contributed by atoms with Crippen LogP contribution in [0, 0.1) is 0 Å². The molecule has 0 radical (unpaired) electrons. The first kappa shape index (κ1) is 19.6. The standard InChI is InChI=1S/C24H31NO2/c25-17-11-5-3-1-2-4-6-16-24(26)27-18-23-21-14-9-7-12-19(21)20-13-8-10-15-22(20)23/h7-10,12-15,23H,1-6,11,16-18,25H2. The monoisotopic (exact) mass is 365 g/mol. The number of ether oxygens (including phenoxy) is 1. The highest BCUT2D eigenvalue weighted by atomic mass is 16.5. The second-order valence-electron chi connectivity index (χ2n) is 7.42. The predicted molar refractivity (Wildman–Crippen MR) is 111 cm³/mol. The molecule has 0 saturated heterocycles. The van der Waals surface area contributed by atoms with Gasteiger partial charge in [-0.05, 0) is 41.6 Å². The van der Waals surface area contributed by atoms with Crippen molar-refractivity contribution in [1.82, 2.24) is 0 Å². The summed E-state index contributed by atoms with van der Waals surface area (Å²) in [4.78, 5) is 12.2. The average Bonchev–Trinajstić information content (AvgIpc) is 3.02. The maximum absolute atomic E-state index is 12.2. The van der Waals surface area contributed by atoms with Gasteiger partial charge in [0.2, 0.25) is 0 Å². The number of rotatable bonds is 11. The van der Waals surface area contributed by atoms with Gasteiger partial charge in [-0.3, -0.25) is 4.79 Å².